The van der Waals surface area contributed by atoms with Gasteiger partial charge in [0.25, 0.3) is 0 Å². The molecule has 3 rings (SSSR count). The highest BCUT2D eigenvalue weighted by Gasteiger charge is 2.15. The number of hydrogen-bond acceptors (Lipinski definition) is 5. The van der Waals surface area contributed by atoms with Crippen molar-refractivity contribution < 1.29 is 5.11 Å². The summed E-state index contributed by atoms with van der Waals surface area (Å²) in [7, 11) is 1.82. The summed E-state index contributed by atoms with van der Waals surface area (Å²) in [6.07, 6.45) is 1.70. The number of nitrogen functional groups attached to an aromatic ring is 1. The van der Waals surface area contributed by atoms with Crippen LogP contribution in [0.25, 0.3) is 22.1 Å². The van der Waals surface area contributed by atoms with Crippen molar-refractivity contribution in [2.24, 2.45) is 7.05 Å². The molecule has 0 radical (unpaired) electrons. The Labute approximate surface area is 103 Å². The van der Waals surface area contributed by atoms with Gasteiger partial charge in [0.05, 0.1) is 23.3 Å². The maximum Gasteiger partial charge on any atom is 0.201 e. The number of imidazole rings is 1. The van der Waals surface area contributed by atoms with Crippen LogP contribution in [0.2, 0.25) is 0 Å². The van der Waals surface area contributed by atoms with Crippen LogP contribution in [-0.4, -0.2) is 24.6 Å². The molecule has 3 N–H and O–H groups in total. The SMILES string of the molecule is Cc1cnc2cc(CO)c3c(nc(N)n3C)c2n1. The topological polar surface area (TPSA) is 89.9 Å². The molecule has 0 saturated carbocycles. The fourth-order valence-corrected chi connectivity index (χ4v) is 2.17. The summed E-state index contributed by atoms with van der Waals surface area (Å²) in [4.78, 5) is 13.1. The summed E-state index contributed by atoms with van der Waals surface area (Å²) in [5.74, 6) is 0.399. The lowest BCUT2D eigenvalue weighted by atomic mass is 10.1. The Morgan fingerprint density at radius 1 is 1.33 bits per heavy atom. The third-order valence-corrected chi connectivity index (χ3v) is 3.06. The second-order valence-corrected chi connectivity index (χ2v) is 4.30. The molecule has 0 fully saturated rings. The lowest BCUT2D eigenvalue weighted by molar-refractivity contribution is 0.283. The van der Waals surface area contributed by atoms with Crippen molar-refractivity contribution in [3.8, 4) is 0 Å². The molecule has 0 aliphatic heterocycles. The first-order chi connectivity index (χ1) is 8.61. The Morgan fingerprint density at radius 2 is 2.11 bits per heavy atom. The average Bonchev–Trinajstić information content (AvgIpc) is 2.66. The van der Waals surface area contributed by atoms with Crippen molar-refractivity contribution in [3.63, 3.8) is 0 Å². The Kier molecular flexibility index (Phi) is 2.21. The van der Waals surface area contributed by atoms with Crippen molar-refractivity contribution in [2.45, 2.75) is 13.5 Å². The largest absolute Gasteiger partial charge is 0.392 e. The summed E-state index contributed by atoms with van der Waals surface area (Å²) in [6, 6.07) is 1.82. The van der Waals surface area contributed by atoms with Crippen molar-refractivity contribution in [2.75, 3.05) is 5.73 Å². The number of hydrogen-bond donors (Lipinski definition) is 2. The van der Waals surface area contributed by atoms with Crippen molar-refractivity contribution in [1.82, 2.24) is 19.5 Å². The van der Waals surface area contributed by atoms with E-state index in [1.54, 1.807) is 10.8 Å². The molecular formula is C12H13N5O. The zero-order chi connectivity index (χ0) is 12.9. The lowest BCUT2D eigenvalue weighted by Crippen LogP contribution is -1.99. The van der Waals surface area contributed by atoms with Crippen LogP contribution < -0.4 is 5.73 Å². The molecule has 0 bridgehead atoms. The summed E-state index contributed by atoms with van der Waals surface area (Å²) in [6.45, 7) is 1.80. The lowest BCUT2D eigenvalue weighted by Gasteiger charge is -2.05. The Hall–Kier alpha value is -2.21. The van der Waals surface area contributed by atoms with E-state index >= 15 is 0 Å². The van der Waals surface area contributed by atoms with Gasteiger partial charge in [-0.2, -0.15) is 0 Å². The van der Waals surface area contributed by atoms with E-state index in [0.29, 0.717) is 11.5 Å². The summed E-state index contributed by atoms with van der Waals surface area (Å²) in [5.41, 5.74) is 10.3. The van der Waals surface area contributed by atoms with Crippen LogP contribution in [0.3, 0.4) is 0 Å². The van der Waals surface area contributed by atoms with E-state index in [0.717, 1.165) is 27.8 Å². The van der Waals surface area contributed by atoms with E-state index in [9.17, 15) is 5.11 Å². The fourth-order valence-electron chi connectivity index (χ4n) is 2.17. The van der Waals surface area contributed by atoms with E-state index in [1.165, 1.54) is 0 Å². The molecule has 2 heterocycles. The van der Waals surface area contributed by atoms with Crippen molar-refractivity contribution >= 4 is 28.0 Å². The highest BCUT2D eigenvalue weighted by molar-refractivity contribution is 6.02. The number of aliphatic hydroxyl groups excluding tert-OH is 1. The van der Waals surface area contributed by atoms with Gasteiger partial charge in [-0.15, -0.1) is 0 Å². The minimum Gasteiger partial charge on any atom is -0.392 e. The van der Waals surface area contributed by atoms with Gasteiger partial charge in [0.2, 0.25) is 5.95 Å². The van der Waals surface area contributed by atoms with Gasteiger partial charge in [-0.1, -0.05) is 0 Å². The summed E-state index contributed by atoms with van der Waals surface area (Å²) in [5, 5.41) is 9.45. The van der Waals surface area contributed by atoms with Gasteiger partial charge in [0.1, 0.15) is 11.0 Å². The predicted octanol–water partition coefficient (Wildman–Crippen LogP) is 0.899. The van der Waals surface area contributed by atoms with Crippen molar-refractivity contribution in [3.05, 3.63) is 23.5 Å². The highest BCUT2D eigenvalue weighted by Crippen LogP contribution is 2.27. The quantitative estimate of drug-likeness (QED) is 0.662. The van der Waals surface area contributed by atoms with Gasteiger partial charge >= 0.3 is 0 Å². The van der Waals surface area contributed by atoms with Gasteiger partial charge in [-0.05, 0) is 13.0 Å². The molecule has 0 spiro atoms. The number of nitrogens with zero attached hydrogens (tertiary/aromatic N) is 4. The van der Waals surface area contributed by atoms with Gasteiger partial charge in [-0.25, -0.2) is 9.97 Å². The molecule has 3 aromatic rings. The summed E-state index contributed by atoms with van der Waals surface area (Å²) >= 11 is 0. The van der Waals surface area contributed by atoms with Gasteiger partial charge in [-0.3, -0.25) is 4.98 Å². The monoisotopic (exact) mass is 243 g/mol. The Bertz CT molecular complexity index is 762. The second kappa shape index (κ2) is 3.64. The molecule has 0 aliphatic carbocycles. The molecule has 6 heteroatoms. The second-order valence-electron chi connectivity index (χ2n) is 4.30. The number of anilines is 1. The molecule has 1 aromatic carbocycles. The maximum atomic E-state index is 9.45. The number of aromatic nitrogens is 4. The molecule has 92 valence electrons. The third kappa shape index (κ3) is 1.36. The number of fused-ring (bicyclic) bond motifs is 3. The first-order valence-electron chi connectivity index (χ1n) is 5.60. The molecule has 18 heavy (non-hydrogen) atoms. The zero-order valence-corrected chi connectivity index (χ0v) is 10.2. The number of rotatable bonds is 1. The Balaban J connectivity index is 2.58. The number of aryl methyl sites for hydroxylation is 2. The number of nitrogens with two attached hydrogens (primary N) is 1. The zero-order valence-electron chi connectivity index (χ0n) is 10.2. The minimum atomic E-state index is -0.0824. The first kappa shape index (κ1) is 10.9. The van der Waals surface area contributed by atoms with Crippen molar-refractivity contribution in [1.29, 1.82) is 0 Å². The van der Waals surface area contributed by atoms with E-state index in [1.807, 2.05) is 20.0 Å². The third-order valence-electron chi connectivity index (χ3n) is 3.06. The molecule has 0 saturated heterocycles. The van der Waals surface area contributed by atoms with E-state index in [2.05, 4.69) is 15.0 Å². The molecule has 2 aromatic heterocycles. The summed E-state index contributed by atoms with van der Waals surface area (Å²) < 4.78 is 1.75. The highest BCUT2D eigenvalue weighted by atomic mass is 16.3. The minimum absolute atomic E-state index is 0.0824. The molecule has 0 unspecified atom stereocenters. The number of benzene rings is 1. The van der Waals surface area contributed by atoms with E-state index < -0.39 is 0 Å². The van der Waals surface area contributed by atoms with Crippen LogP contribution in [-0.2, 0) is 13.7 Å². The first-order valence-corrected chi connectivity index (χ1v) is 5.60. The predicted molar refractivity (Wildman–Crippen MR) is 68.9 cm³/mol. The molecule has 0 atom stereocenters. The van der Waals surface area contributed by atoms with Gasteiger partial charge in [0.15, 0.2) is 0 Å². The van der Waals surface area contributed by atoms with Crippen LogP contribution in [0.5, 0.6) is 0 Å². The van der Waals surface area contributed by atoms with Crippen LogP contribution in [0, 0.1) is 6.92 Å². The Morgan fingerprint density at radius 3 is 2.83 bits per heavy atom. The molecule has 0 aliphatic rings. The normalized spacial score (nSPS) is 11.5. The van der Waals surface area contributed by atoms with Gasteiger partial charge in [0, 0.05) is 18.8 Å². The number of aliphatic hydroxyl groups is 1. The van der Waals surface area contributed by atoms with Crippen LogP contribution in [0.4, 0.5) is 5.95 Å². The standard InChI is InChI=1S/C12H13N5O/c1-6-4-14-8-3-7(5-18)11-10(9(8)15-6)16-12(13)17(11)2/h3-4,18H,5H2,1-2H3,(H2,13,16). The molecule has 6 nitrogen and oxygen atoms in total. The average molecular weight is 243 g/mol. The van der Waals surface area contributed by atoms with Gasteiger partial charge < -0.3 is 15.4 Å². The smallest absolute Gasteiger partial charge is 0.201 e. The molecular weight excluding hydrogens is 230 g/mol. The van der Waals surface area contributed by atoms with Crippen LogP contribution in [0.1, 0.15) is 11.3 Å². The van der Waals surface area contributed by atoms with Crippen LogP contribution >= 0.6 is 0 Å². The molecule has 0 amide bonds. The maximum absolute atomic E-state index is 9.45. The van der Waals surface area contributed by atoms with E-state index in [-0.39, 0.29) is 6.61 Å². The van der Waals surface area contributed by atoms with E-state index in [4.69, 9.17) is 5.73 Å². The van der Waals surface area contributed by atoms with Crippen LogP contribution in [0.15, 0.2) is 12.3 Å². The fraction of sp³-hybridized carbons (Fsp3) is 0.250.